The molecule has 1 amide bonds. The maximum atomic E-state index is 12.4. The van der Waals surface area contributed by atoms with Crippen LogP contribution in [0, 0.1) is 6.92 Å². The third kappa shape index (κ3) is 3.33. The van der Waals surface area contributed by atoms with Gasteiger partial charge < -0.3 is 9.64 Å². The van der Waals surface area contributed by atoms with Crippen LogP contribution >= 0.6 is 11.3 Å². The van der Waals surface area contributed by atoms with Gasteiger partial charge in [-0.2, -0.15) is 5.10 Å². The first kappa shape index (κ1) is 15.1. The maximum Gasteiger partial charge on any atom is 0.228 e. The van der Waals surface area contributed by atoms with Crippen molar-refractivity contribution in [1.82, 2.24) is 25.1 Å². The first-order chi connectivity index (χ1) is 10.7. The molecule has 1 N–H and O–H groups in total. The van der Waals surface area contributed by atoms with Crippen molar-refractivity contribution >= 4 is 17.2 Å². The van der Waals surface area contributed by atoms with E-state index < -0.39 is 0 Å². The number of hydrogen-bond acceptors (Lipinski definition) is 6. The van der Waals surface area contributed by atoms with E-state index in [2.05, 4.69) is 20.2 Å². The number of thiazole rings is 1. The summed E-state index contributed by atoms with van der Waals surface area (Å²) >= 11 is 1.57. The van der Waals surface area contributed by atoms with Gasteiger partial charge in [0, 0.05) is 18.3 Å². The van der Waals surface area contributed by atoms with Gasteiger partial charge in [-0.15, -0.1) is 11.3 Å². The van der Waals surface area contributed by atoms with Gasteiger partial charge in [0.25, 0.3) is 0 Å². The third-order valence-electron chi connectivity index (χ3n) is 3.59. The molecule has 0 aliphatic carbocycles. The molecule has 118 valence electrons. The molecule has 0 unspecified atom stereocenters. The zero-order valence-corrected chi connectivity index (χ0v) is 13.5. The summed E-state index contributed by atoms with van der Waals surface area (Å²) in [6.45, 7) is 5.55. The maximum absolute atomic E-state index is 12.4. The number of aromatic amines is 1. The van der Waals surface area contributed by atoms with E-state index in [0.717, 1.165) is 22.9 Å². The first-order valence-corrected chi connectivity index (χ1v) is 8.25. The predicted octanol–water partition coefficient (Wildman–Crippen LogP) is 1.27. The Bertz CT molecular complexity index is 653. The Balaban J connectivity index is 1.63. The van der Waals surface area contributed by atoms with Crippen LogP contribution in [0.2, 0.25) is 0 Å². The standard InChI is InChI=1S/C14H19N5O2S/c1-3-12-16-14(18-17-12)11-7-19(4-5-21-11)13(20)6-10-8-22-9(2)15-10/h8,11H,3-7H2,1-2H3,(H,16,17,18)/t11-/m0/s1. The molecular formula is C14H19N5O2S. The summed E-state index contributed by atoms with van der Waals surface area (Å²) in [5, 5.41) is 9.99. The molecule has 1 fully saturated rings. The lowest BCUT2D eigenvalue weighted by Crippen LogP contribution is -2.43. The molecule has 1 aliphatic rings. The second-order valence-corrected chi connectivity index (χ2v) is 6.29. The van der Waals surface area contributed by atoms with Crippen molar-refractivity contribution < 1.29 is 9.53 Å². The summed E-state index contributed by atoms with van der Waals surface area (Å²) in [7, 11) is 0. The average Bonchev–Trinajstić information content (AvgIpc) is 3.16. The fraction of sp³-hybridized carbons (Fsp3) is 0.571. The van der Waals surface area contributed by atoms with Crippen LogP contribution in [0.25, 0.3) is 0 Å². The second kappa shape index (κ2) is 6.53. The SMILES string of the molecule is CCc1nc([C@@H]2CN(C(=O)Cc3csc(C)n3)CCO2)n[nH]1. The molecule has 0 spiro atoms. The molecule has 2 aromatic heterocycles. The largest absolute Gasteiger partial charge is 0.366 e. The zero-order valence-electron chi connectivity index (χ0n) is 12.7. The minimum atomic E-state index is -0.258. The summed E-state index contributed by atoms with van der Waals surface area (Å²) < 4.78 is 5.70. The molecule has 0 aromatic carbocycles. The summed E-state index contributed by atoms with van der Waals surface area (Å²) in [6.07, 6.45) is 0.878. The molecule has 8 heteroatoms. The molecule has 7 nitrogen and oxygen atoms in total. The van der Waals surface area contributed by atoms with Crippen LogP contribution in [0.15, 0.2) is 5.38 Å². The molecule has 1 atom stereocenters. The number of rotatable bonds is 4. The van der Waals surface area contributed by atoms with Crippen LogP contribution < -0.4 is 0 Å². The summed E-state index contributed by atoms with van der Waals surface area (Å²) in [4.78, 5) is 23.0. The highest BCUT2D eigenvalue weighted by Gasteiger charge is 2.28. The second-order valence-electron chi connectivity index (χ2n) is 5.23. The van der Waals surface area contributed by atoms with Gasteiger partial charge in [-0.3, -0.25) is 9.89 Å². The number of amides is 1. The van der Waals surface area contributed by atoms with Crippen molar-refractivity contribution in [1.29, 1.82) is 0 Å². The molecule has 0 radical (unpaired) electrons. The number of carbonyl (C=O) groups excluding carboxylic acids is 1. The molecule has 3 rings (SSSR count). The molecule has 0 saturated carbocycles. The summed E-state index contributed by atoms with van der Waals surface area (Å²) in [5.41, 5.74) is 0.835. The van der Waals surface area contributed by atoms with E-state index in [1.165, 1.54) is 0 Å². The van der Waals surface area contributed by atoms with Crippen LogP contribution in [0.1, 0.15) is 35.4 Å². The molecule has 2 aromatic rings. The van der Waals surface area contributed by atoms with Gasteiger partial charge in [0.2, 0.25) is 5.91 Å². The van der Waals surface area contributed by atoms with Crippen molar-refractivity contribution in [2.24, 2.45) is 0 Å². The lowest BCUT2D eigenvalue weighted by Gasteiger charge is -2.31. The molecular weight excluding hydrogens is 302 g/mol. The predicted molar refractivity (Wildman–Crippen MR) is 81.6 cm³/mol. The Kier molecular flexibility index (Phi) is 4.49. The highest BCUT2D eigenvalue weighted by Crippen LogP contribution is 2.20. The molecule has 1 saturated heterocycles. The molecule has 1 aliphatic heterocycles. The van der Waals surface area contributed by atoms with Crippen molar-refractivity contribution in [2.75, 3.05) is 19.7 Å². The van der Waals surface area contributed by atoms with Crippen molar-refractivity contribution in [3.05, 3.63) is 27.7 Å². The summed E-state index contributed by atoms with van der Waals surface area (Å²) in [5.74, 6) is 1.53. The Labute approximate surface area is 132 Å². The van der Waals surface area contributed by atoms with E-state index in [1.807, 2.05) is 24.1 Å². The van der Waals surface area contributed by atoms with E-state index in [4.69, 9.17) is 4.74 Å². The molecule has 0 bridgehead atoms. The lowest BCUT2D eigenvalue weighted by molar-refractivity contribution is -0.138. The Morgan fingerprint density at radius 2 is 2.41 bits per heavy atom. The van der Waals surface area contributed by atoms with Crippen LogP contribution in [0.5, 0.6) is 0 Å². The first-order valence-electron chi connectivity index (χ1n) is 7.37. The fourth-order valence-corrected chi connectivity index (χ4v) is 3.01. The number of ether oxygens (including phenoxy) is 1. The fourth-order valence-electron chi connectivity index (χ4n) is 2.40. The quantitative estimate of drug-likeness (QED) is 0.917. The number of aromatic nitrogens is 4. The minimum Gasteiger partial charge on any atom is -0.366 e. The van der Waals surface area contributed by atoms with Crippen LogP contribution in [0.4, 0.5) is 0 Å². The number of hydrogen-bond donors (Lipinski definition) is 1. The van der Waals surface area contributed by atoms with Crippen LogP contribution in [-0.4, -0.2) is 50.7 Å². The third-order valence-corrected chi connectivity index (χ3v) is 4.41. The number of aryl methyl sites for hydroxylation is 2. The number of carbonyl (C=O) groups is 1. The highest BCUT2D eigenvalue weighted by atomic mass is 32.1. The number of H-pyrrole nitrogens is 1. The Morgan fingerprint density at radius 3 is 3.09 bits per heavy atom. The smallest absolute Gasteiger partial charge is 0.228 e. The van der Waals surface area contributed by atoms with Crippen LogP contribution in [0.3, 0.4) is 0 Å². The Hall–Kier alpha value is -1.80. The van der Waals surface area contributed by atoms with Gasteiger partial charge in [0.05, 0.1) is 30.3 Å². The topological polar surface area (TPSA) is 84.0 Å². The minimum absolute atomic E-state index is 0.0739. The monoisotopic (exact) mass is 321 g/mol. The lowest BCUT2D eigenvalue weighted by atomic mass is 10.2. The Morgan fingerprint density at radius 1 is 1.55 bits per heavy atom. The van der Waals surface area contributed by atoms with Crippen LogP contribution in [-0.2, 0) is 22.4 Å². The van der Waals surface area contributed by atoms with E-state index in [1.54, 1.807) is 11.3 Å². The number of morpholine rings is 1. The normalized spacial score (nSPS) is 18.6. The van der Waals surface area contributed by atoms with Gasteiger partial charge in [-0.05, 0) is 6.92 Å². The zero-order chi connectivity index (χ0) is 15.5. The van der Waals surface area contributed by atoms with Gasteiger partial charge in [0.15, 0.2) is 5.82 Å². The van der Waals surface area contributed by atoms with E-state index in [0.29, 0.717) is 31.9 Å². The summed E-state index contributed by atoms with van der Waals surface area (Å²) in [6, 6.07) is 0. The van der Waals surface area contributed by atoms with Gasteiger partial charge in [-0.1, -0.05) is 6.92 Å². The van der Waals surface area contributed by atoms with Crippen molar-refractivity contribution in [2.45, 2.75) is 32.8 Å². The van der Waals surface area contributed by atoms with E-state index in [-0.39, 0.29) is 12.0 Å². The van der Waals surface area contributed by atoms with Gasteiger partial charge in [0.1, 0.15) is 11.9 Å². The van der Waals surface area contributed by atoms with Gasteiger partial charge in [-0.25, -0.2) is 9.97 Å². The van der Waals surface area contributed by atoms with Crippen molar-refractivity contribution in [3.63, 3.8) is 0 Å². The number of nitrogens with one attached hydrogen (secondary N) is 1. The van der Waals surface area contributed by atoms with E-state index in [9.17, 15) is 4.79 Å². The van der Waals surface area contributed by atoms with E-state index >= 15 is 0 Å². The number of nitrogens with zero attached hydrogens (tertiary/aromatic N) is 4. The highest BCUT2D eigenvalue weighted by molar-refractivity contribution is 7.09. The van der Waals surface area contributed by atoms with Gasteiger partial charge >= 0.3 is 0 Å². The van der Waals surface area contributed by atoms with Crippen molar-refractivity contribution in [3.8, 4) is 0 Å². The molecule has 22 heavy (non-hydrogen) atoms. The molecule has 3 heterocycles. The average molecular weight is 321 g/mol.